The first-order valence-electron chi connectivity index (χ1n) is 8.08. The first kappa shape index (κ1) is 15.6. The lowest BCUT2D eigenvalue weighted by molar-refractivity contribution is -0.110. The van der Waals surface area contributed by atoms with Crippen molar-refractivity contribution in [2.75, 3.05) is 10.6 Å². The fraction of sp³-hybridized carbons (Fsp3) is 0. The number of pyridine rings is 1. The first-order valence-corrected chi connectivity index (χ1v) is 8.08. The average molecular weight is 338 g/mol. The van der Waals surface area contributed by atoms with Crippen LogP contribution in [0.25, 0.3) is 16.7 Å². The Balaban J connectivity index is 1.69. The predicted octanol–water partition coefficient (Wildman–Crippen LogP) is 4.03. The zero-order valence-electron chi connectivity index (χ0n) is 13.7. The Labute approximate surface area is 150 Å². The quantitative estimate of drug-likeness (QED) is 0.707. The second-order valence-corrected chi connectivity index (χ2v) is 5.84. The van der Waals surface area contributed by atoms with E-state index in [9.17, 15) is 4.79 Å². The number of rotatable bonds is 3. The summed E-state index contributed by atoms with van der Waals surface area (Å²) in [5.41, 5.74) is 4.53. The van der Waals surface area contributed by atoms with Crippen molar-refractivity contribution in [1.82, 2.24) is 4.98 Å². The summed E-state index contributed by atoms with van der Waals surface area (Å²) in [6.07, 6.45) is 3.40. The van der Waals surface area contributed by atoms with Crippen LogP contribution in [0, 0.1) is 11.3 Å². The fourth-order valence-corrected chi connectivity index (χ4v) is 2.83. The maximum atomic E-state index is 12.3. The molecule has 2 N–H and O–H groups in total. The lowest BCUT2D eigenvalue weighted by Gasteiger charge is -2.05. The second kappa shape index (κ2) is 6.54. The number of carbonyl (C=O) groups excluding carboxylic acids is 1. The molecule has 2 heterocycles. The SMILES string of the molecule is N#Cc1cccc(N/C=C2\C(=O)Nc3ncc(-c4ccccc4)cc32)c1. The smallest absolute Gasteiger partial charge is 0.259 e. The zero-order valence-corrected chi connectivity index (χ0v) is 13.7. The van der Waals surface area contributed by atoms with E-state index in [1.165, 1.54) is 0 Å². The van der Waals surface area contributed by atoms with E-state index >= 15 is 0 Å². The Hall–Kier alpha value is -3.91. The van der Waals surface area contributed by atoms with E-state index in [1.54, 1.807) is 30.6 Å². The van der Waals surface area contributed by atoms with Crippen LogP contribution in [0.3, 0.4) is 0 Å². The molecule has 1 aliphatic rings. The zero-order chi connectivity index (χ0) is 17.9. The number of fused-ring (bicyclic) bond motifs is 1. The van der Waals surface area contributed by atoms with Gasteiger partial charge < -0.3 is 10.6 Å². The summed E-state index contributed by atoms with van der Waals surface area (Å²) in [6, 6.07) is 21.0. The monoisotopic (exact) mass is 338 g/mol. The molecule has 0 atom stereocenters. The molecule has 0 unspecified atom stereocenters. The van der Waals surface area contributed by atoms with Gasteiger partial charge in [0, 0.05) is 29.2 Å². The van der Waals surface area contributed by atoms with Crippen molar-refractivity contribution in [2.45, 2.75) is 0 Å². The van der Waals surface area contributed by atoms with Crippen LogP contribution < -0.4 is 10.6 Å². The molecule has 5 heteroatoms. The number of nitrogens with one attached hydrogen (secondary N) is 2. The van der Waals surface area contributed by atoms with Crippen molar-refractivity contribution < 1.29 is 4.79 Å². The Bertz CT molecular complexity index is 1060. The number of anilines is 2. The number of nitriles is 1. The van der Waals surface area contributed by atoms with E-state index in [4.69, 9.17) is 5.26 Å². The molecule has 2 aromatic carbocycles. The standard InChI is InChI=1S/C21H14N4O/c22-11-14-5-4-8-17(9-14)23-13-19-18-10-16(15-6-2-1-3-7-15)12-24-20(18)25-21(19)26/h1-10,12-13,23H,(H,24,25,26)/b19-13-. The molecule has 0 spiro atoms. The number of amides is 1. The highest BCUT2D eigenvalue weighted by Crippen LogP contribution is 2.33. The van der Waals surface area contributed by atoms with Crippen LogP contribution in [-0.2, 0) is 4.79 Å². The van der Waals surface area contributed by atoms with Crippen molar-refractivity contribution in [1.29, 1.82) is 5.26 Å². The van der Waals surface area contributed by atoms with Gasteiger partial charge in [0.15, 0.2) is 0 Å². The minimum absolute atomic E-state index is 0.207. The van der Waals surface area contributed by atoms with Crippen LogP contribution >= 0.6 is 0 Å². The molecule has 1 aliphatic heterocycles. The molecule has 0 saturated carbocycles. The minimum Gasteiger partial charge on any atom is -0.361 e. The lowest BCUT2D eigenvalue weighted by Crippen LogP contribution is -2.05. The average Bonchev–Trinajstić information content (AvgIpc) is 3.01. The van der Waals surface area contributed by atoms with E-state index in [2.05, 4.69) is 21.7 Å². The second-order valence-electron chi connectivity index (χ2n) is 5.84. The maximum Gasteiger partial charge on any atom is 0.259 e. The Morgan fingerprint density at radius 3 is 2.69 bits per heavy atom. The van der Waals surface area contributed by atoms with Gasteiger partial charge in [0.1, 0.15) is 5.82 Å². The summed E-state index contributed by atoms with van der Waals surface area (Å²) in [4.78, 5) is 16.7. The summed E-state index contributed by atoms with van der Waals surface area (Å²) >= 11 is 0. The normalized spacial score (nSPS) is 13.8. The van der Waals surface area contributed by atoms with Crippen LogP contribution in [0.1, 0.15) is 11.1 Å². The molecule has 0 radical (unpaired) electrons. The van der Waals surface area contributed by atoms with Gasteiger partial charge in [0.2, 0.25) is 0 Å². The third-order valence-electron chi connectivity index (χ3n) is 4.14. The van der Waals surface area contributed by atoms with Crippen molar-refractivity contribution in [3.63, 3.8) is 0 Å². The van der Waals surface area contributed by atoms with E-state index < -0.39 is 0 Å². The maximum absolute atomic E-state index is 12.3. The molecule has 4 rings (SSSR count). The number of benzene rings is 2. The van der Waals surface area contributed by atoms with Gasteiger partial charge in [-0.15, -0.1) is 0 Å². The fourth-order valence-electron chi connectivity index (χ4n) is 2.83. The minimum atomic E-state index is -0.207. The topological polar surface area (TPSA) is 77.8 Å². The third-order valence-corrected chi connectivity index (χ3v) is 4.14. The number of hydrogen-bond donors (Lipinski definition) is 2. The Kier molecular flexibility index (Phi) is 3.92. The third kappa shape index (κ3) is 2.92. The van der Waals surface area contributed by atoms with Crippen LogP contribution in [-0.4, -0.2) is 10.9 Å². The number of carbonyl (C=O) groups is 1. The van der Waals surface area contributed by atoms with E-state index in [1.807, 2.05) is 42.5 Å². The molecular formula is C21H14N4O. The summed E-state index contributed by atoms with van der Waals surface area (Å²) in [7, 11) is 0. The molecular weight excluding hydrogens is 324 g/mol. The highest BCUT2D eigenvalue weighted by molar-refractivity contribution is 6.31. The molecule has 1 amide bonds. The molecule has 0 fully saturated rings. The van der Waals surface area contributed by atoms with Crippen molar-refractivity contribution in [2.24, 2.45) is 0 Å². The van der Waals surface area contributed by atoms with Crippen LogP contribution in [0.2, 0.25) is 0 Å². The largest absolute Gasteiger partial charge is 0.361 e. The van der Waals surface area contributed by atoms with E-state index in [0.29, 0.717) is 17.0 Å². The van der Waals surface area contributed by atoms with E-state index in [0.717, 1.165) is 22.4 Å². The van der Waals surface area contributed by atoms with Crippen molar-refractivity contribution >= 4 is 23.0 Å². The highest BCUT2D eigenvalue weighted by atomic mass is 16.2. The Morgan fingerprint density at radius 1 is 1.04 bits per heavy atom. The van der Waals surface area contributed by atoms with Gasteiger partial charge in [-0.1, -0.05) is 36.4 Å². The summed E-state index contributed by atoms with van der Waals surface area (Å²) in [5, 5.41) is 14.9. The molecule has 1 aromatic heterocycles. The molecule has 0 saturated heterocycles. The molecule has 124 valence electrons. The molecule has 5 nitrogen and oxygen atoms in total. The van der Waals surface area contributed by atoms with Gasteiger partial charge >= 0.3 is 0 Å². The number of aromatic nitrogens is 1. The van der Waals surface area contributed by atoms with Gasteiger partial charge in [-0.2, -0.15) is 5.26 Å². The van der Waals surface area contributed by atoms with Crippen LogP contribution in [0.5, 0.6) is 0 Å². The summed E-state index contributed by atoms with van der Waals surface area (Å²) in [5.74, 6) is 0.343. The molecule has 0 bridgehead atoms. The summed E-state index contributed by atoms with van der Waals surface area (Å²) < 4.78 is 0. The van der Waals surface area contributed by atoms with E-state index in [-0.39, 0.29) is 5.91 Å². The first-order chi connectivity index (χ1) is 12.7. The molecule has 0 aliphatic carbocycles. The molecule has 26 heavy (non-hydrogen) atoms. The van der Waals surface area contributed by atoms with Crippen molar-refractivity contribution in [3.05, 3.63) is 84.2 Å². The summed E-state index contributed by atoms with van der Waals surface area (Å²) in [6.45, 7) is 0. The lowest BCUT2D eigenvalue weighted by atomic mass is 10.0. The predicted molar refractivity (Wildman–Crippen MR) is 101 cm³/mol. The van der Waals surface area contributed by atoms with Gasteiger partial charge in [0.25, 0.3) is 5.91 Å². The Morgan fingerprint density at radius 2 is 1.88 bits per heavy atom. The van der Waals surface area contributed by atoms with Crippen LogP contribution in [0.4, 0.5) is 11.5 Å². The number of hydrogen-bond acceptors (Lipinski definition) is 4. The van der Waals surface area contributed by atoms with Gasteiger partial charge in [0.05, 0.1) is 17.2 Å². The van der Waals surface area contributed by atoms with Gasteiger partial charge in [-0.05, 0) is 29.8 Å². The number of nitrogens with zero attached hydrogens (tertiary/aromatic N) is 2. The van der Waals surface area contributed by atoms with Crippen LogP contribution in [0.15, 0.2) is 73.1 Å². The van der Waals surface area contributed by atoms with Gasteiger partial charge in [-0.25, -0.2) is 4.98 Å². The van der Waals surface area contributed by atoms with Gasteiger partial charge in [-0.3, -0.25) is 4.79 Å². The highest BCUT2D eigenvalue weighted by Gasteiger charge is 2.25. The van der Waals surface area contributed by atoms with Crippen molar-refractivity contribution in [3.8, 4) is 17.2 Å². The molecule has 3 aromatic rings.